The molecule has 3 aromatic rings. The fourth-order valence-electron chi connectivity index (χ4n) is 2.93. The first kappa shape index (κ1) is 17.5. The molecule has 0 amide bonds. The zero-order chi connectivity index (χ0) is 18.4. The van der Waals surface area contributed by atoms with Crippen molar-refractivity contribution in [3.05, 3.63) is 121 Å². The molecule has 0 heterocycles. The number of hydrogen-bond acceptors (Lipinski definition) is 1. The average molecular weight is 337 g/mol. The zero-order valence-electron chi connectivity index (χ0n) is 15.1. The van der Waals surface area contributed by atoms with E-state index >= 15 is 0 Å². The molecule has 128 valence electrons. The molecule has 3 rings (SSSR count). The van der Waals surface area contributed by atoms with Crippen molar-refractivity contribution in [2.75, 3.05) is 4.90 Å². The van der Waals surface area contributed by atoms with Crippen molar-refractivity contribution in [1.82, 2.24) is 0 Å². The number of benzene rings is 3. The molecule has 0 aliphatic carbocycles. The van der Waals surface area contributed by atoms with Gasteiger partial charge in [0.2, 0.25) is 0 Å². The molecule has 0 atom stereocenters. The van der Waals surface area contributed by atoms with Crippen LogP contribution in [0.3, 0.4) is 0 Å². The van der Waals surface area contributed by atoms with Crippen LogP contribution in [0.2, 0.25) is 0 Å². The van der Waals surface area contributed by atoms with Gasteiger partial charge in [-0.25, -0.2) is 0 Å². The van der Waals surface area contributed by atoms with Gasteiger partial charge in [0, 0.05) is 17.1 Å². The molecule has 0 bridgehead atoms. The first-order valence-corrected chi connectivity index (χ1v) is 8.70. The second-order valence-electron chi connectivity index (χ2n) is 6.12. The second kappa shape index (κ2) is 8.17. The number of nitrogens with zero attached hydrogens (tertiary/aromatic N) is 1. The third-order valence-electron chi connectivity index (χ3n) is 4.28. The number of aryl methyl sites for hydroxylation is 1. The first-order valence-electron chi connectivity index (χ1n) is 8.70. The maximum Gasteiger partial charge on any atom is 0.0462 e. The van der Waals surface area contributed by atoms with Gasteiger partial charge in [0.05, 0.1) is 0 Å². The Kier molecular flexibility index (Phi) is 5.50. The molecule has 0 fully saturated rings. The summed E-state index contributed by atoms with van der Waals surface area (Å²) in [4.78, 5) is 2.26. The Morgan fingerprint density at radius 3 is 1.81 bits per heavy atom. The van der Waals surface area contributed by atoms with E-state index in [2.05, 4.69) is 97.8 Å². The predicted octanol–water partition coefficient (Wildman–Crippen LogP) is 7.22. The Hall–Kier alpha value is -3.32. The van der Waals surface area contributed by atoms with Crippen molar-refractivity contribution in [1.29, 1.82) is 0 Å². The summed E-state index contributed by atoms with van der Waals surface area (Å²) >= 11 is 0. The van der Waals surface area contributed by atoms with Gasteiger partial charge in [-0.15, -0.1) is 0 Å². The number of para-hydroxylation sites is 1. The van der Waals surface area contributed by atoms with Gasteiger partial charge in [-0.05, 0) is 54.5 Å². The third-order valence-corrected chi connectivity index (χ3v) is 4.28. The van der Waals surface area contributed by atoms with Gasteiger partial charge in [0.25, 0.3) is 0 Å². The lowest BCUT2D eigenvalue weighted by atomic mass is 10.0. The van der Waals surface area contributed by atoms with Gasteiger partial charge in [-0.3, -0.25) is 0 Å². The largest absolute Gasteiger partial charge is 0.311 e. The van der Waals surface area contributed by atoms with Crippen LogP contribution in [0.4, 0.5) is 17.1 Å². The summed E-state index contributed by atoms with van der Waals surface area (Å²) in [6.07, 6.45) is 5.61. The van der Waals surface area contributed by atoms with Crippen molar-refractivity contribution in [3.8, 4) is 0 Å². The van der Waals surface area contributed by atoms with Crippen molar-refractivity contribution in [2.45, 2.75) is 6.92 Å². The number of hydrogen-bond donors (Lipinski definition) is 0. The van der Waals surface area contributed by atoms with E-state index in [9.17, 15) is 0 Å². The molecule has 0 aliphatic heterocycles. The molecule has 0 aromatic heterocycles. The number of allylic oxidation sites excluding steroid dienone is 4. The van der Waals surface area contributed by atoms with Crippen LogP contribution in [-0.2, 0) is 0 Å². The summed E-state index contributed by atoms with van der Waals surface area (Å²) in [7, 11) is 0. The van der Waals surface area contributed by atoms with Crippen LogP contribution >= 0.6 is 0 Å². The summed E-state index contributed by atoms with van der Waals surface area (Å²) < 4.78 is 0. The van der Waals surface area contributed by atoms with Gasteiger partial charge in [0.1, 0.15) is 0 Å². The molecule has 0 unspecified atom stereocenters. The lowest BCUT2D eigenvalue weighted by Gasteiger charge is -2.25. The predicted molar refractivity (Wildman–Crippen MR) is 114 cm³/mol. The highest BCUT2D eigenvalue weighted by molar-refractivity contribution is 5.80. The molecule has 0 radical (unpaired) electrons. The number of rotatable bonds is 6. The molecule has 1 nitrogen and oxygen atoms in total. The van der Waals surface area contributed by atoms with Crippen LogP contribution in [0.5, 0.6) is 0 Å². The van der Waals surface area contributed by atoms with E-state index in [1.807, 2.05) is 18.2 Å². The summed E-state index contributed by atoms with van der Waals surface area (Å²) in [6.45, 7) is 9.77. The Labute approximate surface area is 156 Å². The Balaban J connectivity index is 2.05. The lowest BCUT2D eigenvalue weighted by Crippen LogP contribution is -2.09. The SMILES string of the molecule is C=C/C=C(\C=C)c1ccc(N(c2ccccc2)c2ccc(C)cc2)cc1. The minimum atomic E-state index is 1.06. The van der Waals surface area contributed by atoms with E-state index in [1.54, 1.807) is 6.08 Å². The lowest BCUT2D eigenvalue weighted by molar-refractivity contribution is 1.27. The van der Waals surface area contributed by atoms with Gasteiger partial charge in [0.15, 0.2) is 0 Å². The Morgan fingerprint density at radius 1 is 0.731 bits per heavy atom. The molecule has 26 heavy (non-hydrogen) atoms. The Bertz CT molecular complexity index is 901. The normalized spacial score (nSPS) is 11.0. The highest BCUT2D eigenvalue weighted by atomic mass is 15.1. The second-order valence-corrected chi connectivity index (χ2v) is 6.12. The van der Waals surface area contributed by atoms with E-state index < -0.39 is 0 Å². The molecule has 3 aromatic carbocycles. The standard InChI is InChI=1S/C25H23N/c1-4-9-21(5-2)22-14-18-25(19-15-22)26(23-10-7-6-8-11-23)24-16-12-20(3)13-17-24/h4-19H,1-2H2,3H3/b21-9+. The number of anilines is 3. The maximum absolute atomic E-state index is 3.89. The van der Waals surface area contributed by atoms with Crippen molar-refractivity contribution < 1.29 is 0 Å². The molecular formula is C25H23N. The molecule has 0 spiro atoms. The monoisotopic (exact) mass is 337 g/mol. The van der Waals surface area contributed by atoms with E-state index in [0.717, 1.165) is 28.2 Å². The van der Waals surface area contributed by atoms with E-state index in [4.69, 9.17) is 0 Å². The van der Waals surface area contributed by atoms with Crippen molar-refractivity contribution in [3.63, 3.8) is 0 Å². The highest BCUT2D eigenvalue weighted by Gasteiger charge is 2.12. The Morgan fingerprint density at radius 2 is 1.27 bits per heavy atom. The van der Waals surface area contributed by atoms with Crippen molar-refractivity contribution >= 4 is 22.6 Å². The quantitative estimate of drug-likeness (QED) is 0.429. The molecular weight excluding hydrogens is 314 g/mol. The average Bonchev–Trinajstić information content (AvgIpc) is 2.69. The summed E-state index contributed by atoms with van der Waals surface area (Å²) in [6, 6.07) is 27.5. The van der Waals surface area contributed by atoms with E-state index in [-0.39, 0.29) is 0 Å². The maximum atomic E-state index is 3.89. The van der Waals surface area contributed by atoms with Crippen LogP contribution in [-0.4, -0.2) is 0 Å². The summed E-state index contributed by atoms with van der Waals surface area (Å²) in [5, 5.41) is 0. The van der Waals surface area contributed by atoms with E-state index in [1.165, 1.54) is 5.56 Å². The van der Waals surface area contributed by atoms with Crippen LogP contribution < -0.4 is 4.90 Å². The molecule has 0 N–H and O–H groups in total. The smallest absolute Gasteiger partial charge is 0.0462 e. The minimum Gasteiger partial charge on any atom is -0.311 e. The third kappa shape index (κ3) is 3.84. The van der Waals surface area contributed by atoms with Crippen LogP contribution in [0.15, 0.2) is 110 Å². The fourth-order valence-corrected chi connectivity index (χ4v) is 2.93. The van der Waals surface area contributed by atoms with Gasteiger partial charge in [-0.2, -0.15) is 0 Å². The molecule has 0 aliphatic rings. The van der Waals surface area contributed by atoms with Gasteiger partial charge < -0.3 is 4.90 Å². The van der Waals surface area contributed by atoms with Crippen LogP contribution in [0.1, 0.15) is 11.1 Å². The minimum absolute atomic E-state index is 1.06. The van der Waals surface area contributed by atoms with Crippen LogP contribution in [0.25, 0.3) is 5.57 Å². The molecule has 0 saturated heterocycles. The molecule has 1 heteroatoms. The van der Waals surface area contributed by atoms with Gasteiger partial charge in [-0.1, -0.05) is 79.4 Å². The van der Waals surface area contributed by atoms with Gasteiger partial charge >= 0.3 is 0 Å². The topological polar surface area (TPSA) is 3.24 Å². The summed E-state index contributed by atoms with van der Waals surface area (Å²) in [5.74, 6) is 0. The van der Waals surface area contributed by atoms with Crippen LogP contribution in [0, 0.1) is 6.92 Å². The van der Waals surface area contributed by atoms with E-state index in [0.29, 0.717) is 0 Å². The zero-order valence-corrected chi connectivity index (χ0v) is 15.1. The highest BCUT2D eigenvalue weighted by Crippen LogP contribution is 2.35. The summed E-state index contributed by atoms with van der Waals surface area (Å²) in [5.41, 5.74) is 6.83. The molecule has 0 saturated carbocycles. The van der Waals surface area contributed by atoms with Crippen molar-refractivity contribution in [2.24, 2.45) is 0 Å². The fraction of sp³-hybridized carbons (Fsp3) is 0.0400. The first-order chi connectivity index (χ1) is 12.7.